The van der Waals surface area contributed by atoms with Crippen molar-refractivity contribution in [2.75, 3.05) is 46.3 Å². The Bertz CT molecular complexity index is 538. The van der Waals surface area contributed by atoms with E-state index in [1.165, 1.54) is 0 Å². The van der Waals surface area contributed by atoms with Crippen LogP contribution in [0.25, 0.3) is 0 Å². The second kappa shape index (κ2) is 7.72. The molecule has 7 nitrogen and oxygen atoms in total. The first-order valence-electron chi connectivity index (χ1n) is 9.54. The molecular weight excluding hydrogens is 320 g/mol. The van der Waals surface area contributed by atoms with Gasteiger partial charge in [-0.3, -0.25) is 19.3 Å². The minimum absolute atomic E-state index is 0.0853. The number of rotatable bonds is 4. The highest BCUT2D eigenvalue weighted by molar-refractivity contribution is 5.79. The molecule has 3 saturated heterocycles. The van der Waals surface area contributed by atoms with Crippen molar-refractivity contribution in [3.8, 4) is 0 Å². The molecule has 0 aromatic rings. The number of nitrogens with one attached hydrogen (secondary N) is 1. The summed E-state index contributed by atoms with van der Waals surface area (Å²) in [5.74, 6) is 0.522. The summed E-state index contributed by atoms with van der Waals surface area (Å²) in [7, 11) is 2.11. The van der Waals surface area contributed by atoms with E-state index in [9.17, 15) is 14.4 Å². The maximum atomic E-state index is 12.7. The van der Waals surface area contributed by atoms with E-state index in [0.717, 1.165) is 45.3 Å². The van der Waals surface area contributed by atoms with E-state index < -0.39 is 0 Å². The molecule has 0 aromatic heterocycles. The number of hydrogen-bond acceptors (Lipinski definition) is 4. The average molecular weight is 350 g/mol. The monoisotopic (exact) mass is 350 g/mol. The molecular formula is C18H30N4O3. The molecule has 0 bridgehead atoms. The molecule has 25 heavy (non-hydrogen) atoms. The van der Waals surface area contributed by atoms with Gasteiger partial charge in [0.25, 0.3) is 0 Å². The molecule has 3 rings (SSSR count). The van der Waals surface area contributed by atoms with Crippen LogP contribution < -0.4 is 5.32 Å². The summed E-state index contributed by atoms with van der Waals surface area (Å²) < 4.78 is 0. The molecule has 0 radical (unpaired) electrons. The summed E-state index contributed by atoms with van der Waals surface area (Å²) in [6.45, 7) is 4.53. The number of nitrogens with zero attached hydrogens (tertiary/aromatic N) is 3. The Morgan fingerprint density at radius 1 is 1.16 bits per heavy atom. The zero-order chi connectivity index (χ0) is 17.9. The van der Waals surface area contributed by atoms with Gasteiger partial charge in [-0.05, 0) is 32.7 Å². The number of likely N-dealkylation sites (N-methyl/N-ethyl adjacent to an activating group) is 1. The molecule has 3 aliphatic rings. The van der Waals surface area contributed by atoms with Crippen molar-refractivity contribution in [3.63, 3.8) is 0 Å². The third kappa shape index (κ3) is 4.14. The lowest BCUT2D eigenvalue weighted by atomic mass is 9.86. The van der Waals surface area contributed by atoms with Crippen LogP contribution in [-0.2, 0) is 14.4 Å². The lowest BCUT2D eigenvalue weighted by Gasteiger charge is -2.49. The molecule has 0 aromatic carbocycles. The largest absolute Gasteiger partial charge is 0.356 e. The Balaban J connectivity index is 1.52. The Morgan fingerprint density at radius 2 is 2.00 bits per heavy atom. The average Bonchev–Trinajstić information content (AvgIpc) is 2.90. The number of likely N-dealkylation sites (tertiary alicyclic amines) is 1. The number of hydrogen-bond donors (Lipinski definition) is 1. The highest BCUT2D eigenvalue weighted by atomic mass is 16.2. The highest BCUT2D eigenvalue weighted by Gasteiger charge is 2.41. The molecule has 7 heteroatoms. The van der Waals surface area contributed by atoms with Crippen LogP contribution >= 0.6 is 0 Å². The van der Waals surface area contributed by atoms with Crippen LogP contribution in [-0.4, -0.2) is 84.3 Å². The Hall–Kier alpha value is -1.63. The second-order valence-corrected chi connectivity index (χ2v) is 7.65. The first-order valence-corrected chi connectivity index (χ1v) is 9.54. The van der Waals surface area contributed by atoms with Crippen LogP contribution in [0.2, 0.25) is 0 Å². The minimum Gasteiger partial charge on any atom is -0.356 e. The van der Waals surface area contributed by atoms with Gasteiger partial charge in [-0.1, -0.05) is 0 Å². The summed E-state index contributed by atoms with van der Waals surface area (Å²) in [4.78, 5) is 42.2. The smallest absolute Gasteiger partial charge is 0.222 e. The standard InChI is InChI=1S/C18H30N4O3/c1-20-12-13-22(14-18(20)7-6-15(23)19-9-8-18)17(25)5-3-11-21-10-2-4-16(21)24/h2-14H2,1H3,(H,19,23). The van der Waals surface area contributed by atoms with Crippen LogP contribution in [0.1, 0.15) is 44.9 Å². The number of carbonyl (C=O) groups excluding carboxylic acids is 3. The third-order valence-corrected chi connectivity index (χ3v) is 6.07. The van der Waals surface area contributed by atoms with E-state index in [1.807, 2.05) is 9.80 Å². The number of carbonyl (C=O) groups is 3. The van der Waals surface area contributed by atoms with Crippen LogP contribution in [0.4, 0.5) is 0 Å². The van der Waals surface area contributed by atoms with Crippen molar-refractivity contribution >= 4 is 17.7 Å². The van der Waals surface area contributed by atoms with Crippen molar-refractivity contribution in [1.82, 2.24) is 20.0 Å². The van der Waals surface area contributed by atoms with Gasteiger partial charge in [-0.15, -0.1) is 0 Å². The molecule has 1 spiro atoms. The fourth-order valence-corrected chi connectivity index (χ4v) is 4.33. The van der Waals surface area contributed by atoms with E-state index >= 15 is 0 Å². The van der Waals surface area contributed by atoms with Gasteiger partial charge >= 0.3 is 0 Å². The Morgan fingerprint density at radius 3 is 2.76 bits per heavy atom. The van der Waals surface area contributed by atoms with Gasteiger partial charge in [0, 0.05) is 64.1 Å². The van der Waals surface area contributed by atoms with Gasteiger partial charge < -0.3 is 15.1 Å². The Labute approximate surface area is 149 Å². The summed E-state index contributed by atoms with van der Waals surface area (Å²) in [5.41, 5.74) is -0.0853. The first-order chi connectivity index (χ1) is 12.0. The zero-order valence-corrected chi connectivity index (χ0v) is 15.3. The van der Waals surface area contributed by atoms with Crippen molar-refractivity contribution in [3.05, 3.63) is 0 Å². The summed E-state index contributed by atoms with van der Waals surface area (Å²) in [6, 6.07) is 0. The van der Waals surface area contributed by atoms with E-state index in [0.29, 0.717) is 38.9 Å². The normalized spacial score (nSPS) is 28.4. The second-order valence-electron chi connectivity index (χ2n) is 7.65. The van der Waals surface area contributed by atoms with Crippen molar-refractivity contribution in [2.45, 2.75) is 50.5 Å². The van der Waals surface area contributed by atoms with Crippen LogP contribution in [0.5, 0.6) is 0 Å². The van der Waals surface area contributed by atoms with E-state index in [-0.39, 0.29) is 23.3 Å². The fraction of sp³-hybridized carbons (Fsp3) is 0.833. The van der Waals surface area contributed by atoms with Crippen molar-refractivity contribution in [1.29, 1.82) is 0 Å². The number of piperazine rings is 1. The van der Waals surface area contributed by atoms with Crippen LogP contribution in [0.15, 0.2) is 0 Å². The quantitative estimate of drug-likeness (QED) is 0.786. The number of amides is 3. The van der Waals surface area contributed by atoms with E-state index in [4.69, 9.17) is 0 Å². The molecule has 1 atom stereocenters. The topological polar surface area (TPSA) is 73.0 Å². The maximum absolute atomic E-state index is 12.7. The molecule has 3 aliphatic heterocycles. The summed E-state index contributed by atoms with van der Waals surface area (Å²) in [6.07, 6.45) is 5.07. The van der Waals surface area contributed by atoms with Crippen molar-refractivity contribution in [2.24, 2.45) is 0 Å². The van der Waals surface area contributed by atoms with Crippen molar-refractivity contribution < 1.29 is 14.4 Å². The summed E-state index contributed by atoms with van der Waals surface area (Å²) in [5, 5.41) is 2.94. The van der Waals surface area contributed by atoms with Crippen LogP contribution in [0, 0.1) is 0 Å². The highest BCUT2D eigenvalue weighted by Crippen LogP contribution is 2.30. The minimum atomic E-state index is -0.0853. The van der Waals surface area contributed by atoms with Gasteiger partial charge in [-0.25, -0.2) is 0 Å². The predicted molar refractivity (Wildman–Crippen MR) is 93.8 cm³/mol. The fourth-order valence-electron chi connectivity index (χ4n) is 4.33. The van der Waals surface area contributed by atoms with Crippen LogP contribution in [0.3, 0.4) is 0 Å². The molecule has 1 N–H and O–H groups in total. The SMILES string of the molecule is CN1CCN(C(=O)CCCN2CCCC2=O)CC12CCNC(=O)CC2. The molecule has 3 fully saturated rings. The van der Waals surface area contributed by atoms with Gasteiger partial charge in [0.05, 0.1) is 0 Å². The van der Waals surface area contributed by atoms with Gasteiger partial charge in [0.15, 0.2) is 0 Å². The van der Waals surface area contributed by atoms with Gasteiger partial charge in [0.1, 0.15) is 0 Å². The zero-order valence-electron chi connectivity index (χ0n) is 15.3. The van der Waals surface area contributed by atoms with E-state index in [2.05, 4.69) is 17.3 Å². The first kappa shape index (κ1) is 18.2. The molecule has 140 valence electrons. The lowest BCUT2D eigenvalue weighted by Crippen LogP contribution is -2.62. The third-order valence-electron chi connectivity index (χ3n) is 6.07. The summed E-state index contributed by atoms with van der Waals surface area (Å²) >= 11 is 0. The molecule has 1 unspecified atom stereocenters. The van der Waals surface area contributed by atoms with Gasteiger partial charge in [-0.2, -0.15) is 0 Å². The van der Waals surface area contributed by atoms with E-state index in [1.54, 1.807) is 0 Å². The molecule has 3 heterocycles. The molecule has 0 aliphatic carbocycles. The predicted octanol–water partition coefficient (Wildman–Crippen LogP) is 0.202. The Kier molecular flexibility index (Phi) is 5.61. The molecule has 3 amide bonds. The van der Waals surface area contributed by atoms with Gasteiger partial charge in [0.2, 0.25) is 17.7 Å². The lowest BCUT2D eigenvalue weighted by molar-refractivity contribution is -0.137. The maximum Gasteiger partial charge on any atom is 0.222 e. The molecule has 0 saturated carbocycles.